The summed E-state index contributed by atoms with van der Waals surface area (Å²) in [6.07, 6.45) is 2.71. The fourth-order valence-electron chi connectivity index (χ4n) is 3.77. The van der Waals surface area contributed by atoms with Gasteiger partial charge in [0.25, 0.3) is 5.91 Å². The highest BCUT2D eigenvalue weighted by molar-refractivity contribution is 7.91. The Morgan fingerprint density at radius 2 is 2.03 bits per heavy atom. The van der Waals surface area contributed by atoms with Gasteiger partial charge in [-0.15, -0.1) is 0 Å². The molecular formula is C21H22N2O5S. The van der Waals surface area contributed by atoms with Crippen molar-refractivity contribution >= 4 is 27.3 Å². The highest BCUT2D eigenvalue weighted by Crippen LogP contribution is 2.31. The van der Waals surface area contributed by atoms with Gasteiger partial charge in [-0.05, 0) is 48.6 Å². The van der Waals surface area contributed by atoms with Crippen LogP contribution in [0.3, 0.4) is 0 Å². The summed E-state index contributed by atoms with van der Waals surface area (Å²) in [7, 11) is -3.68. The van der Waals surface area contributed by atoms with Crippen LogP contribution in [-0.4, -0.2) is 32.6 Å². The van der Waals surface area contributed by atoms with Crippen LogP contribution in [0.5, 0.6) is 5.75 Å². The predicted molar refractivity (Wildman–Crippen MR) is 108 cm³/mol. The van der Waals surface area contributed by atoms with Crippen molar-refractivity contribution in [3.05, 3.63) is 53.6 Å². The number of sulfone groups is 1. The van der Waals surface area contributed by atoms with Crippen LogP contribution in [0.25, 0.3) is 0 Å². The Morgan fingerprint density at radius 3 is 2.90 bits per heavy atom. The third-order valence-corrected chi connectivity index (χ3v) is 6.96. The number of hydrogen-bond acceptors (Lipinski definition) is 5. The summed E-state index contributed by atoms with van der Waals surface area (Å²) in [6, 6.07) is 12.3. The van der Waals surface area contributed by atoms with Crippen LogP contribution < -0.4 is 15.4 Å². The number of carbonyl (C=O) groups is 2. The van der Waals surface area contributed by atoms with Gasteiger partial charge < -0.3 is 15.4 Å². The third-order valence-electron chi connectivity index (χ3n) is 5.25. The fraction of sp³-hybridized carbons (Fsp3) is 0.333. The molecule has 0 unspecified atom stereocenters. The van der Waals surface area contributed by atoms with Gasteiger partial charge in [0.15, 0.2) is 16.4 Å². The molecule has 1 heterocycles. The summed E-state index contributed by atoms with van der Waals surface area (Å²) >= 11 is 0. The zero-order valence-corrected chi connectivity index (χ0v) is 16.6. The van der Waals surface area contributed by atoms with Crippen LogP contribution in [0.15, 0.2) is 47.4 Å². The number of amides is 2. The number of carbonyl (C=O) groups excluding carboxylic acids is 2. The molecule has 8 heteroatoms. The molecule has 0 radical (unpaired) electrons. The highest BCUT2D eigenvalue weighted by Gasteiger charge is 2.24. The number of rotatable bonds is 5. The van der Waals surface area contributed by atoms with Gasteiger partial charge in [-0.2, -0.15) is 0 Å². The zero-order valence-electron chi connectivity index (χ0n) is 15.8. The summed E-state index contributed by atoms with van der Waals surface area (Å²) in [5.41, 5.74) is 2.67. The lowest BCUT2D eigenvalue weighted by Gasteiger charge is -2.26. The topological polar surface area (TPSA) is 102 Å². The van der Waals surface area contributed by atoms with Gasteiger partial charge in [-0.25, -0.2) is 8.42 Å². The molecule has 0 saturated carbocycles. The molecule has 2 aromatic carbocycles. The first-order valence-corrected chi connectivity index (χ1v) is 11.2. The average Bonchev–Trinajstić information content (AvgIpc) is 2.72. The van der Waals surface area contributed by atoms with Crippen molar-refractivity contribution in [3.63, 3.8) is 0 Å². The lowest BCUT2D eigenvalue weighted by atomic mass is 9.88. The molecule has 7 nitrogen and oxygen atoms in total. The molecule has 0 aromatic heterocycles. The van der Waals surface area contributed by atoms with Gasteiger partial charge in [0.2, 0.25) is 5.91 Å². The van der Waals surface area contributed by atoms with E-state index in [-0.39, 0.29) is 41.5 Å². The molecule has 0 saturated heterocycles. The minimum atomic E-state index is -3.68. The summed E-state index contributed by atoms with van der Waals surface area (Å²) in [5.74, 6) is -0.498. The Balaban J connectivity index is 1.40. The Kier molecular flexibility index (Phi) is 5.27. The summed E-state index contributed by atoms with van der Waals surface area (Å²) in [5, 5.41) is 5.57. The molecule has 0 bridgehead atoms. The Hall–Kier alpha value is -2.87. The number of benzene rings is 2. The smallest absolute Gasteiger partial charge is 0.262 e. The first-order chi connectivity index (χ1) is 13.9. The molecule has 29 heavy (non-hydrogen) atoms. The summed E-state index contributed by atoms with van der Waals surface area (Å²) in [6.45, 7) is -0.0937. The van der Waals surface area contributed by atoms with E-state index in [1.54, 1.807) is 0 Å². The van der Waals surface area contributed by atoms with Crippen molar-refractivity contribution in [1.82, 2.24) is 5.32 Å². The van der Waals surface area contributed by atoms with Crippen LogP contribution >= 0.6 is 0 Å². The van der Waals surface area contributed by atoms with Gasteiger partial charge in [-0.3, -0.25) is 9.59 Å². The first kappa shape index (κ1) is 19.4. The first-order valence-electron chi connectivity index (χ1n) is 9.59. The summed E-state index contributed by atoms with van der Waals surface area (Å²) < 4.78 is 30.6. The lowest BCUT2D eigenvalue weighted by Crippen LogP contribution is -2.32. The monoisotopic (exact) mass is 414 g/mol. The van der Waals surface area contributed by atoms with Gasteiger partial charge in [0.1, 0.15) is 5.75 Å². The van der Waals surface area contributed by atoms with Gasteiger partial charge >= 0.3 is 0 Å². The standard InChI is InChI=1S/C21H22N2O5S/c24-20(22-17-7-3-5-14-4-1-2-6-16(14)17)10-11-29(26,27)15-8-9-19-18(12-15)23-21(25)13-28-19/h1-2,4,6,8-9,12,17H,3,5,7,10-11,13H2,(H,22,24)(H,23,25)/t17-/m1/s1. The van der Waals surface area contributed by atoms with Gasteiger partial charge in [0.05, 0.1) is 22.4 Å². The highest BCUT2D eigenvalue weighted by atomic mass is 32.2. The van der Waals surface area contributed by atoms with E-state index in [9.17, 15) is 18.0 Å². The molecule has 1 aliphatic heterocycles. The van der Waals surface area contributed by atoms with Crippen molar-refractivity contribution < 1.29 is 22.7 Å². The molecule has 1 atom stereocenters. The quantitative estimate of drug-likeness (QED) is 0.782. The number of hydrogen-bond donors (Lipinski definition) is 2. The molecule has 152 valence electrons. The predicted octanol–water partition coefficient (Wildman–Crippen LogP) is 2.38. The zero-order chi connectivity index (χ0) is 20.4. The lowest BCUT2D eigenvalue weighted by molar-refractivity contribution is -0.121. The summed E-state index contributed by atoms with van der Waals surface area (Å²) in [4.78, 5) is 23.9. The van der Waals surface area contributed by atoms with Gasteiger partial charge in [0, 0.05) is 6.42 Å². The molecule has 0 spiro atoms. The van der Waals surface area contributed by atoms with Gasteiger partial charge in [-0.1, -0.05) is 24.3 Å². The average molecular weight is 414 g/mol. The van der Waals surface area contributed by atoms with E-state index in [0.29, 0.717) is 11.4 Å². The van der Waals surface area contributed by atoms with E-state index < -0.39 is 9.84 Å². The molecule has 1 aliphatic carbocycles. The van der Waals surface area contributed by atoms with Crippen LogP contribution in [0, 0.1) is 0 Å². The van der Waals surface area contributed by atoms with E-state index in [1.807, 2.05) is 18.2 Å². The van der Waals surface area contributed by atoms with Crippen LogP contribution in [0.1, 0.15) is 36.4 Å². The van der Waals surface area contributed by atoms with Crippen LogP contribution in [-0.2, 0) is 25.8 Å². The Bertz CT molecular complexity index is 1060. The number of ether oxygens (including phenoxy) is 1. The number of nitrogens with one attached hydrogen (secondary N) is 2. The van der Waals surface area contributed by atoms with E-state index >= 15 is 0 Å². The Labute approximate surface area is 169 Å². The maximum atomic E-state index is 12.7. The van der Waals surface area contributed by atoms with E-state index in [0.717, 1.165) is 24.8 Å². The maximum Gasteiger partial charge on any atom is 0.262 e. The second-order valence-electron chi connectivity index (χ2n) is 7.27. The maximum absolute atomic E-state index is 12.7. The molecular weight excluding hydrogens is 392 g/mol. The largest absolute Gasteiger partial charge is 0.482 e. The third kappa shape index (κ3) is 4.27. The molecule has 2 aromatic rings. The van der Waals surface area contributed by atoms with E-state index in [4.69, 9.17) is 4.74 Å². The number of fused-ring (bicyclic) bond motifs is 2. The van der Waals surface area contributed by atoms with Crippen molar-refractivity contribution in [2.45, 2.75) is 36.6 Å². The molecule has 0 fully saturated rings. The van der Waals surface area contributed by atoms with Crippen LogP contribution in [0.2, 0.25) is 0 Å². The molecule has 2 N–H and O–H groups in total. The van der Waals surface area contributed by atoms with Crippen molar-refractivity contribution in [2.24, 2.45) is 0 Å². The van der Waals surface area contributed by atoms with E-state index in [2.05, 4.69) is 16.7 Å². The second-order valence-corrected chi connectivity index (χ2v) is 9.38. The normalized spacial score (nSPS) is 18.1. The number of anilines is 1. The van der Waals surface area contributed by atoms with Crippen molar-refractivity contribution in [2.75, 3.05) is 17.7 Å². The fourth-order valence-corrected chi connectivity index (χ4v) is 5.03. The minimum absolute atomic E-state index is 0.0536. The van der Waals surface area contributed by atoms with Crippen molar-refractivity contribution in [3.8, 4) is 5.75 Å². The van der Waals surface area contributed by atoms with Crippen molar-refractivity contribution in [1.29, 1.82) is 0 Å². The Morgan fingerprint density at radius 1 is 1.21 bits per heavy atom. The SMILES string of the molecule is O=C1COc2ccc(S(=O)(=O)CCC(=O)N[C@@H]3CCCc4ccccc43)cc2N1. The van der Waals surface area contributed by atoms with E-state index in [1.165, 1.54) is 23.8 Å². The molecule has 4 rings (SSSR count). The minimum Gasteiger partial charge on any atom is -0.482 e. The molecule has 2 aliphatic rings. The second kappa shape index (κ2) is 7.87. The molecule has 2 amide bonds. The number of aryl methyl sites for hydroxylation is 1. The van der Waals surface area contributed by atoms with Crippen LogP contribution in [0.4, 0.5) is 5.69 Å².